The Bertz CT molecular complexity index is 1330. The smallest absolute Gasteiger partial charge is 0.340 e. The van der Waals surface area contributed by atoms with Crippen LogP contribution in [0.2, 0.25) is 0 Å². The van der Waals surface area contributed by atoms with Crippen LogP contribution in [-0.4, -0.2) is 37.2 Å². The van der Waals surface area contributed by atoms with Gasteiger partial charge in [-0.05, 0) is 23.8 Å². The number of hydrogen-bond acceptors (Lipinski definition) is 4. The Balaban J connectivity index is 1.60. The molecule has 0 aliphatic carbocycles. The molecule has 10 heteroatoms. The molecule has 0 bridgehead atoms. The summed E-state index contributed by atoms with van der Waals surface area (Å²) in [6.07, 6.45) is -2.07. The Morgan fingerprint density at radius 1 is 1.09 bits per heavy atom. The van der Waals surface area contributed by atoms with E-state index in [1.165, 1.54) is 34.2 Å². The SMILES string of the molecule is CN(Cc1ccccc1)C(=O)Cn1cnc2c(cnn2-c2cccc(C(F)(F)F)c2)c1=O. The number of nitrogens with zero attached hydrogens (tertiary/aromatic N) is 5. The molecule has 0 aliphatic heterocycles. The highest BCUT2D eigenvalue weighted by molar-refractivity contribution is 5.77. The van der Waals surface area contributed by atoms with Gasteiger partial charge < -0.3 is 4.90 Å². The number of carbonyl (C=O) groups excluding carboxylic acids is 1. The van der Waals surface area contributed by atoms with Gasteiger partial charge in [-0.1, -0.05) is 36.4 Å². The van der Waals surface area contributed by atoms with Crippen molar-refractivity contribution in [3.05, 3.63) is 88.6 Å². The molecule has 0 fully saturated rings. The van der Waals surface area contributed by atoms with Crippen molar-refractivity contribution in [1.29, 1.82) is 0 Å². The van der Waals surface area contributed by atoms with Gasteiger partial charge in [-0.3, -0.25) is 14.2 Å². The zero-order chi connectivity index (χ0) is 22.9. The Labute approximate surface area is 180 Å². The number of halogens is 3. The van der Waals surface area contributed by atoms with Gasteiger partial charge in [0.1, 0.15) is 18.3 Å². The number of rotatable bonds is 5. The van der Waals surface area contributed by atoms with Crippen molar-refractivity contribution in [2.24, 2.45) is 0 Å². The second kappa shape index (κ2) is 8.29. The third-order valence-corrected chi connectivity index (χ3v) is 4.97. The fourth-order valence-electron chi connectivity index (χ4n) is 3.28. The highest BCUT2D eigenvalue weighted by Crippen LogP contribution is 2.30. The Kier molecular flexibility index (Phi) is 5.52. The third-order valence-electron chi connectivity index (χ3n) is 4.97. The molecule has 0 spiro atoms. The molecule has 7 nitrogen and oxygen atoms in total. The van der Waals surface area contributed by atoms with Crippen molar-refractivity contribution in [3.8, 4) is 5.69 Å². The molecule has 0 N–H and O–H groups in total. The lowest BCUT2D eigenvalue weighted by Gasteiger charge is -2.17. The van der Waals surface area contributed by atoms with Crippen LogP contribution in [0.5, 0.6) is 0 Å². The Morgan fingerprint density at radius 2 is 1.84 bits per heavy atom. The number of likely N-dealkylation sites (N-methyl/N-ethyl adjacent to an activating group) is 1. The molecule has 2 heterocycles. The van der Waals surface area contributed by atoms with E-state index in [2.05, 4.69) is 10.1 Å². The maximum absolute atomic E-state index is 13.0. The van der Waals surface area contributed by atoms with Gasteiger partial charge in [0, 0.05) is 13.6 Å². The van der Waals surface area contributed by atoms with Crippen LogP contribution in [0.15, 0.2) is 71.9 Å². The van der Waals surface area contributed by atoms with Crippen molar-refractivity contribution in [2.45, 2.75) is 19.3 Å². The van der Waals surface area contributed by atoms with Gasteiger partial charge in [0.25, 0.3) is 5.56 Å². The van der Waals surface area contributed by atoms with Crippen molar-refractivity contribution in [2.75, 3.05) is 7.05 Å². The molecule has 2 aromatic carbocycles. The second-order valence-electron chi connectivity index (χ2n) is 7.25. The summed E-state index contributed by atoms with van der Waals surface area (Å²) < 4.78 is 41.4. The van der Waals surface area contributed by atoms with Gasteiger partial charge in [0.05, 0.1) is 17.4 Å². The Morgan fingerprint density at radius 3 is 2.56 bits per heavy atom. The van der Waals surface area contributed by atoms with E-state index in [0.29, 0.717) is 6.54 Å². The first-order valence-corrected chi connectivity index (χ1v) is 9.63. The van der Waals surface area contributed by atoms with Crippen LogP contribution in [0.1, 0.15) is 11.1 Å². The van der Waals surface area contributed by atoms with Crippen molar-refractivity contribution in [3.63, 3.8) is 0 Å². The maximum Gasteiger partial charge on any atom is 0.416 e. The number of amides is 1. The number of fused-ring (bicyclic) bond motifs is 1. The van der Waals surface area contributed by atoms with Gasteiger partial charge in [-0.25, -0.2) is 9.67 Å². The van der Waals surface area contributed by atoms with Gasteiger partial charge in [-0.15, -0.1) is 0 Å². The minimum absolute atomic E-state index is 0.100. The topological polar surface area (TPSA) is 73.0 Å². The highest BCUT2D eigenvalue weighted by Gasteiger charge is 2.30. The van der Waals surface area contributed by atoms with Crippen molar-refractivity contribution in [1.82, 2.24) is 24.2 Å². The first kappa shape index (κ1) is 21.3. The van der Waals surface area contributed by atoms with Crippen LogP contribution in [0, 0.1) is 0 Å². The summed E-state index contributed by atoms with van der Waals surface area (Å²) in [6, 6.07) is 14.0. The predicted molar refractivity (Wildman–Crippen MR) is 111 cm³/mol. The zero-order valence-electron chi connectivity index (χ0n) is 17.0. The average molecular weight is 441 g/mol. The van der Waals surface area contributed by atoms with E-state index in [1.54, 1.807) is 7.05 Å². The number of carbonyl (C=O) groups is 1. The second-order valence-corrected chi connectivity index (χ2v) is 7.25. The van der Waals surface area contributed by atoms with E-state index in [0.717, 1.165) is 22.3 Å². The molecule has 0 aliphatic rings. The van der Waals surface area contributed by atoms with Gasteiger partial charge >= 0.3 is 6.18 Å². The summed E-state index contributed by atoms with van der Waals surface area (Å²) in [4.78, 5) is 31.1. The quantitative estimate of drug-likeness (QED) is 0.477. The minimum Gasteiger partial charge on any atom is -0.340 e. The van der Waals surface area contributed by atoms with E-state index < -0.39 is 17.3 Å². The summed E-state index contributed by atoms with van der Waals surface area (Å²) in [6.45, 7) is 0.164. The molecule has 1 amide bonds. The number of benzene rings is 2. The number of aromatic nitrogens is 4. The minimum atomic E-state index is -4.51. The fourth-order valence-corrected chi connectivity index (χ4v) is 3.28. The number of alkyl halides is 3. The molecule has 0 radical (unpaired) electrons. The summed E-state index contributed by atoms with van der Waals surface area (Å²) in [5.74, 6) is -0.289. The molecule has 0 atom stereocenters. The van der Waals surface area contributed by atoms with Crippen LogP contribution >= 0.6 is 0 Å². The molecule has 2 aromatic heterocycles. The molecule has 0 unspecified atom stereocenters. The lowest BCUT2D eigenvalue weighted by Crippen LogP contribution is -2.33. The number of hydrogen-bond donors (Lipinski definition) is 0. The summed E-state index contributed by atoms with van der Waals surface area (Å²) in [5.41, 5.74) is -0.158. The summed E-state index contributed by atoms with van der Waals surface area (Å²) in [5, 5.41) is 4.14. The lowest BCUT2D eigenvalue weighted by molar-refractivity contribution is -0.137. The lowest BCUT2D eigenvalue weighted by atomic mass is 10.2. The molecule has 4 aromatic rings. The van der Waals surface area contributed by atoms with E-state index in [9.17, 15) is 22.8 Å². The van der Waals surface area contributed by atoms with Crippen LogP contribution in [0.3, 0.4) is 0 Å². The largest absolute Gasteiger partial charge is 0.416 e. The first-order valence-electron chi connectivity index (χ1n) is 9.63. The molecule has 0 saturated carbocycles. The standard InChI is InChI=1S/C22H18F3N5O2/c1-28(12-15-6-3-2-4-7-15)19(31)13-29-14-26-20-18(21(29)32)11-27-30(20)17-9-5-8-16(10-17)22(23,24)25/h2-11,14H,12-13H2,1H3. The monoisotopic (exact) mass is 441 g/mol. The average Bonchev–Trinajstić information content (AvgIpc) is 3.21. The molecular weight excluding hydrogens is 423 g/mol. The highest BCUT2D eigenvalue weighted by atomic mass is 19.4. The first-order chi connectivity index (χ1) is 15.2. The van der Waals surface area contributed by atoms with Crippen LogP contribution in [0.25, 0.3) is 16.7 Å². The maximum atomic E-state index is 13.0. The molecule has 0 saturated heterocycles. The van der Waals surface area contributed by atoms with Crippen LogP contribution in [0.4, 0.5) is 13.2 Å². The van der Waals surface area contributed by atoms with Crippen LogP contribution < -0.4 is 5.56 Å². The van der Waals surface area contributed by atoms with E-state index in [-0.39, 0.29) is 29.2 Å². The van der Waals surface area contributed by atoms with Crippen molar-refractivity contribution >= 4 is 16.9 Å². The summed E-state index contributed by atoms with van der Waals surface area (Å²) >= 11 is 0. The third kappa shape index (κ3) is 4.25. The predicted octanol–water partition coefficient (Wildman–Crippen LogP) is 3.26. The molecule has 4 rings (SSSR count). The van der Waals surface area contributed by atoms with Crippen molar-refractivity contribution < 1.29 is 18.0 Å². The van der Waals surface area contributed by atoms with E-state index in [4.69, 9.17) is 0 Å². The van der Waals surface area contributed by atoms with E-state index in [1.807, 2.05) is 30.3 Å². The fraction of sp³-hybridized carbons (Fsp3) is 0.182. The zero-order valence-corrected chi connectivity index (χ0v) is 17.0. The molecular formula is C22H18F3N5O2. The molecule has 32 heavy (non-hydrogen) atoms. The normalized spacial score (nSPS) is 11.6. The van der Waals surface area contributed by atoms with E-state index >= 15 is 0 Å². The van der Waals surface area contributed by atoms with Gasteiger partial charge in [-0.2, -0.15) is 18.3 Å². The molecule has 164 valence electrons. The van der Waals surface area contributed by atoms with Gasteiger partial charge in [0.2, 0.25) is 5.91 Å². The Hall–Kier alpha value is -3.95. The van der Waals surface area contributed by atoms with Gasteiger partial charge in [0.15, 0.2) is 5.65 Å². The summed E-state index contributed by atoms with van der Waals surface area (Å²) in [7, 11) is 1.64. The van der Waals surface area contributed by atoms with Crippen LogP contribution in [-0.2, 0) is 24.1 Å².